The van der Waals surface area contributed by atoms with Crippen LogP contribution in [0.5, 0.6) is 0 Å². The minimum absolute atomic E-state index is 0.685. The molecule has 1 N–H and O–H groups in total. The fraction of sp³-hybridized carbons (Fsp3) is 0.545. The third kappa shape index (κ3) is 4.23. The lowest BCUT2D eigenvalue weighted by Crippen LogP contribution is -2.44. The zero-order valence-electron chi connectivity index (χ0n) is 17.1. The summed E-state index contributed by atoms with van der Waals surface area (Å²) >= 11 is 5.70. The minimum atomic E-state index is 0.685. The zero-order chi connectivity index (χ0) is 19.7. The average Bonchev–Trinajstić information content (AvgIpc) is 2.68. The van der Waals surface area contributed by atoms with E-state index in [1.807, 2.05) is 0 Å². The molecule has 2 saturated heterocycles. The van der Waals surface area contributed by atoms with Crippen molar-refractivity contribution in [3.63, 3.8) is 0 Å². The van der Waals surface area contributed by atoms with Gasteiger partial charge in [0.05, 0.1) is 18.7 Å². The number of fused-ring (bicyclic) bond motifs is 1. The first-order valence-corrected chi connectivity index (χ1v) is 10.7. The van der Waals surface area contributed by atoms with Gasteiger partial charge in [0.25, 0.3) is 0 Å². The van der Waals surface area contributed by atoms with E-state index in [4.69, 9.17) is 21.9 Å². The van der Waals surface area contributed by atoms with E-state index in [9.17, 15) is 0 Å². The van der Waals surface area contributed by atoms with Gasteiger partial charge in [-0.1, -0.05) is 13.8 Å². The van der Waals surface area contributed by atoms with Crippen LogP contribution in [0.4, 0.5) is 11.5 Å². The van der Waals surface area contributed by atoms with Crippen molar-refractivity contribution < 1.29 is 4.74 Å². The second-order valence-corrected chi connectivity index (χ2v) is 8.80. The normalized spacial score (nSPS) is 23.1. The number of morpholine rings is 1. The smallest absolute Gasteiger partial charge is 0.173 e. The maximum Gasteiger partial charge on any atom is 0.173 e. The van der Waals surface area contributed by atoms with Gasteiger partial charge in [0.2, 0.25) is 0 Å². The Morgan fingerprint density at radius 2 is 1.86 bits per heavy atom. The summed E-state index contributed by atoms with van der Waals surface area (Å²) in [5, 5.41) is 5.45. The Morgan fingerprint density at radius 1 is 1.14 bits per heavy atom. The van der Waals surface area contributed by atoms with Crippen LogP contribution in [0.25, 0.3) is 10.9 Å². The molecule has 0 amide bonds. The lowest BCUT2D eigenvalue weighted by atomic mass is 9.92. The number of rotatable bonds is 2. The molecule has 4 rings (SSSR count). The molecule has 1 aromatic heterocycles. The highest BCUT2D eigenvalue weighted by Gasteiger charge is 2.23. The number of thiocarbonyl (C=S) groups is 1. The number of benzene rings is 1. The fourth-order valence-corrected chi connectivity index (χ4v) is 4.71. The van der Waals surface area contributed by atoms with Crippen LogP contribution in [-0.2, 0) is 4.74 Å². The van der Waals surface area contributed by atoms with Crippen LogP contribution in [0.2, 0.25) is 0 Å². The molecule has 0 saturated carbocycles. The molecule has 0 bridgehead atoms. The highest BCUT2D eigenvalue weighted by molar-refractivity contribution is 7.80. The third-order valence-corrected chi connectivity index (χ3v) is 6.10. The topological polar surface area (TPSA) is 40.6 Å². The molecule has 0 aliphatic carbocycles. The van der Waals surface area contributed by atoms with Gasteiger partial charge in [0.1, 0.15) is 5.82 Å². The number of anilines is 2. The Hall–Kier alpha value is -1.92. The Balaban J connectivity index is 1.52. The van der Waals surface area contributed by atoms with Crippen LogP contribution in [0.1, 0.15) is 25.8 Å². The van der Waals surface area contributed by atoms with E-state index >= 15 is 0 Å². The number of pyridine rings is 1. The first kappa shape index (κ1) is 19.4. The number of hydrogen-bond acceptors (Lipinski definition) is 4. The number of aryl methyl sites for hydroxylation is 1. The summed E-state index contributed by atoms with van der Waals surface area (Å²) in [6.07, 6.45) is 1.28. The highest BCUT2D eigenvalue weighted by Crippen LogP contribution is 2.27. The van der Waals surface area contributed by atoms with Crippen molar-refractivity contribution >= 4 is 39.7 Å². The number of ether oxygens (including phenoxy) is 1. The molecule has 5 nitrogen and oxygen atoms in total. The third-order valence-electron chi connectivity index (χ3n) is 5.74. The van der Waals surface area contributed by atoms with Crippen LogP contribution in [-0.4, -0.2) is 54.4 Å². The quantitative estimate of drug-likeness (QED) is 0.770. The lowest BCUT2D eigenvalue weighted by molar-refractivity contribution is 0.122. The van der Waals surface area contributed by atoms with Crippen LogP contribution in [0.15, 0.2) is 24.3 Å². The Kier molecular flexibility index (Phi) is 5.69. The van der Waals surface area contributed by atoms with Crippen LogP contribution < -0.4 is 10.2 Å². The van der Waals surface area contributed by atoms with E-state index in [0.29, 0.717) is 11.8 Å². The van der Waals surface area contributed by atoms with Crippen LogP contribution in [0.3, 0.4) is 0 Å². The maximum atomic E-state index is 5.70. The molecule has 150 valence electrons. The molecule has 2 aliphatic heterocycles. The van der Waals surface area contributed by atoms with Gasteiger partial charge < -0.3 is 19.9 Å². The van der Waals surface area contributed by atoms with Crippen molar-refractivity contribution in [2.45, 2.75) is 27.2 Å². The first-order chi connectivity index (χ1) is 13.5. The highest BCUT2D eigenvalue weighted by atomic mass is 32.1. The number of hydrogen-bond donors (Lipinski definition) is 1. The van der Waals surface area contributed by atoms with Crippen molar-refractivity contribution in [1.29, 1.82) is 0 Å². The molecule has 1 aromatic carbocycles. The molecule has 0 spiro atoms. The first-order valence-electron chi connectivity index (χ1n) is 10.3. The second-order valence-electron chi connectivity index (χ2n) is 8.41. The van der Waals surface area contributed by atoms with E-state index < -0.39 is 0 Å². The van der Waals surface area contributed by atoms with E-state index in [-0.39, 0.29) is 0 Å². The standard InChI is InChI=1S/C22H30N4OS/c1-15-10-16(2)14-26(13-15)22(28)23-18-4-5-20-19(12-18)17(3)11-21(24-20)25-6-8-27-9-7-25/h4-5,11-12,15-16H,6-10,13-14H2,1-3H3,(H,23,28)/t15-,16-/m1/s1. The molecule has 0 unspecified atom stereocenters. The Labute approximate surface area is 173 Å². The minimum Gasteiger partial charge on any atom is -0.378 e. The molecule has 28 heavy (non-hydrogen) atoms. The Morgan fingerprint density at radius 3 is 2.57 bits per heavy atom. The van der Waals surface area contributed by atoms with Gasteiger partial charge in [-0.05, 0) is 67.2 Å². The average molecular weight is 399 g/mol. The van der Waals surface area contributed by atoms with Gasteiger partial charge in [-0.25, -0.2) is 4.98 Å². The van der Waals surface area contributed by atoms with E-state index in [0.717, 1.165) is 61.5 Å². The summed E-state index contributed by atoms with van der Waals surface area (Å²) in [6, 6.07) is 8.53. The van der Waals surface area contributed by atoms with Crippen molar-refractivity contribution in [1.82, 2.24) is 9.88 Å². The number of nitrogens with one attached hydrogen (secondary N) is 1. The predicted molar refractivity (Wildman–Crippen MR) is 120 cm³/mol. The van der Waals surface area contributed by atoms with Gasteiger partial charge in [0.15, 0.2) is 5.11 Å². The molecule has 2 aromatic rings. The number of aromatic nitrogens is 1. The van der Waals surface area contributed by atoms with Crippen molar-refractivity contribution in [2.24, 2.45) is 11.8 Å². The van der Waals surface area contributed by atoms with Gasteiger partial charge in [-0.3, -0.25) is 0 Å². The van der Waals surface area contributed by atoms with E-state index in [1.54, 1.807) is 0 Å². The van der Waals surface area contributed by atoms with Crippen LogP contribution >= 0.6 is 12.2 Å². The fourth-order valence-electron chi connectivity index (χ4n) is 4.44. The van der Waals surface area contributed by atoms with Crippen molar-refractivity contribution in [3.05, 3.63) is 29.8 Å². The molecule has 2 aliphatic rings. The van der Waals surface area contributed by atoms with E-state index in [2.05, 4.69) is 60.2 Å². The summed E-state index contributed by atoms with van der Waals surface area (Å²) in [7, 11) is 0. The summed E-state index contributed by atoms with van der Waals surface area (Å²) in [4.78, 5) is 9.50. The largest absolute Gasteiger partial charge is 0.378 e. The summed E-state index contributed by atoms with van der Waals surface area (Å²) in [5.41, 5.74) is 3.30. The molecule has 2 fully saturated rings. The van der Waals surface area contributed by atoms with Gasteiger partial charge in [-0.15, -0.1) is 0 Å². The molecule has 6 heteroatoms. The summed E-state index contributed by atoms with van der Waals surface area (Å²) in [6.45, 7) is 12.2. The zero-order valence-corrected chi connectivity index (χ0v) is 17.9. The van der Waals surface area contributed by atoms with Crippen molar-refractivity contribution in [3.8, 4) is 0 Å². The SMILES string of the molecule is Cc1cc(N2CCOCC2)nc2ccc(NC(=S)N3C[C@H](C)C[C@@H](C)C3)cc12. The van der Waals surface area contributed by atoms with Gasteiger partial charge in [-0.2, -0.15) is 0 Å². The van der Waals surface area contributed by atoms with Gasteiger partial charge in [0, 0.05) is 37.3 Å². The summed E-state index contributed by atoms with van der Waals surface area (Å²) < 4.78 is 5.46. The van der Waals surface area contributed by atoms with E-state index in [1.165, 1.54) is 17.4 Å². The number of nitrogens with zero attached hydrogens (tertiary/aromatic N) is 3. The molecular formula is C22H30N4OS. The Bertz CT molecular complexity index is 855. The number of piperidine rings is 1. The summed E-state index contributed by atoms with van der Waals surface area (Å²) in [5.74, 6) is 2.41. The molecular weight excluding hydrogens is 368 g/mol. The number of likely N-dealkylation sites (tertiary alicyclic amines) is 1. The lowest BCUT2D eigenvalue weighted by Gasteiger charge is -2.36. The maximum absolute atomic E-state index is 5.70. The van der Waals surface area contributed by atoms with Crippen molar-refractivity contribution in [2.75, 3.05) is 49.6 Å². The molecule has 2 atom stereocenters. The van der Waals surface area contributed by atoms with Gasteiger partial charge >= 0.3 is 0 Å². The van der Waals surface area contributed by atoms with Crippen LogP contribution in [0, 0.1) is 18.8 Å². The molecule has 0 radical (unpaired) electrons. The molecule has 3 heterocycles. The predicted octanol–water partition coefficient (Wildman–Crippen LogP) is 4.05. The monoisotopic (exact) mass is 398 g/mol. The second kappa shape index (κ2) is 8.21.